The molecular formula is C23H35N5O7. The smallest absolute Gasteiger partial charge is 0.326 e. The van der Waals surface area contributed by atoms with Crippen LogP contribution < -0.4 is 27.4 Å². The molecule has 35 heavy (non-hydrogen) atoms. The summed E-state index contributed by atoms with van der Waals surface area (Å²) in [5, 5.41) is 26.8. The van der Waals surface area contributed by atoms with E-state index in [4.69, 9.17) is 11.5 Å². The quantitative estimate of drug-likeness (QED) is 0.160. The lowest BCUT2D eigenvalue weighted by Gasteiger charge is -2.27. The Morgan fingerprint density at radius 3 is 1.97 bits per heavy atom. The van der Waals surface area contributed by atoms with E-state index >= 15 is 0 Å². The maximum atomic E-state index is 13.1. The molecule has 6 unspecified atom stereocenters. The van der Waals surface area contributed by atoms with E-state index in [1.807, 2.05) is 0 Å². The summed E-state index contributed by atoms with van der Waals surface area (Å²) in [7, 11) is 0. The number of primary amides is 1. The van der Waals surface area contributed by atoms with E-state index in [-0.39, 0.29) is 6.42 Å². The Bertz CT molecular complexity index is 894. The highest BCUT2D eigenvalue weighted by Crippen LogP contribution is 2.10. The highest BCUT2D eigenvalue weighted by molar-refractivity contribution is 5.95. The molecule has 0 saturated heterocycles. The SMILES string of the molecule is CCC(C)C(NC(=O)C(NC(=O)C(Cc1ccccc1)NC(=O)C(N)CC(N)=O)C(C)O)C(=O)O. The number of carboxylic acid groups (broad SMARTS) is 1. The summed E-state index contributed by atoms with van der Waals surface area (Å²) in [5.41, 5.74) is 11.4. The molecule has 9 N–H and O–H groups in total. The molecule has 0 radical (unpaired) electrons. The van der Waals surface area contributed by atoms with E-state index in [1.165, 1.54) is 6.92 Å². The van der Waals surface area contributed by atoms with Gasteiger partial charge in [-0.1, -0.05) is 50.6 Å². The average molecular weight is 494 g/mol. The minimum atomic E-state index is -1.50. The van der Waals surface area contributed by atoms with Crippen LogP contribution in [-0.2, 0) is 30.4 Å². The van der Waals surface area contributed by atoms with Crippen molar-refractivity contribution >= 4 is 29.6 Å². The Morgan fingerprint density at radius 2 is 1.49 bits per heavy atom. The van der Waals surface area contributed by atoms with Gasteiger partial charge in [0.2, 0.25) is 23.6 Å². The van der Waals surface area contributed by atoms with Crippen LogP contribution in [0.2, 0.25) is 0 Å². The van der Waals surface area contributed by atoms with Crippen molar-refractivity contribution in [3.05, 3.63) is 35.9 Å². The molecule has 6 atom stereocenters. The van der Waals surface area contributed by atoms with Gasteiger partial charge in [-0.2, -0.15) is 0 Å². The number of benzene rings is 1. The lowest BCUT2D eigenvalue weighted by Crippen LogP contribution is -2.60. The first-order chi connectivity index (χ1) is 16.4. The Labute approximate surface area is 203 Å². The first-order valence-electron chi connectivity index (χ1n) is 11.3. The second-order valence-corrected chi connectivity index (χ2v) is 8.46. The fourth-order valence-electron chi connectivity index (χ4n) is 3.23. The van der Waals surface area contributed by atoms with Crippen molar-refractivity contribution in [2.24, 2.45) is 17.4 Å². The molecule has 1 aromatic carbocycles. The Morgan fingerprint density at radius 1 is 0.914 bits per heavy atom. The summed E-state index contributed by atoms with van der Waals surface area (Å²) in [6, 6.07) is 3.44. The number of nitrogens with one attached hydrogen (secondary N) is 3. The van der Waals surface area contributed by atoms with Crippen molar-refractivity contribution in [3.8, 4) is 0 Å². The van der Waals surface area contributed by atoms with Gasteiger partial charge in [-0.3, -0.25) is 19.2 Å². The van der Waals surface area contributed by atoms with Crippen LogP contribution in [0.3, 0.4) is 0 Å². The van der Waals surface area contributed by atoms with Crippen molar-refractivity contribution in [1.82, 2.24) is 16.0 Å². The average Bonchev–Trinajstić information content (AvgIpc) is 2.79. The zero-order valence-electron chi connectivity index (χ0n) is 20.1. The minimum absolute atomic E-state index is 0.0144. The first-order valence-corrected chi connectivity index (χ1v) is 11.3. The number of amides is 4. The van der Waals surface area contributed by atoms with Gasteiger partial charge < -0.3 is 37.6 Å². The third-order valence-electron chi connectivity index (χ3n) is 5.51. The number of carbonyl (C=O) groups is 5. The molecule has 12 nitrogen and oxygen atoms in total. The van der Waals surface area contributed by atoms with E-state index in [0.29, 0.717) is 12.0 Å². The van der Waals surface area contributed by atoms with Crippen LogP contribution in [0.15, 0.2) is 30.3 Å². The Kier molecular flexibility index (Phi) is 11.8. The maximum absolute atomic E-state index is 13.1. The summed E-state index contributed by atoms with van der Waals surface area (Å²) < 4.78 is 0. The fourth-order valence-corrected chi connectivity index (χ4v) is 3.23. The summed E-state index contributed by atoms with van der Waals surface area (Å²) in [6.45, 7) is 4.67. The highest BCUT2D eigenvalue weighted by Gasteiger charge is 2.34. The normalized spacial score (nSPS) is 16.0. The lowest BCUT2D eigenvalue weighted by molar-refractivity contribution is -0.144. The van der Waals surface area contributed by atoms with Crippen LogP contribution in [0, 0.1) is 5.92 Å². The Hall–Kier alpha value is -3.51. The number of nitrogens with two attached hydrogens (primary N) is 2. The molecule has 0 bridgehead atoms. The van der Waals surface area contributed by atoms with E-state index < -0.39 is 72.2 Å². The standard InChI is InChI=1S/C23H35N5O7/c1-4-12(2)18(23(34)35)27-22(33)19(13(3)29)28-21(32)16(10-14-8-6-5-7-9-14)26-20(31)15(24)11-17(25)30/h5-9,12-13,15-16,18-19,29H,4,10-11,24H2,1-3H3,(H2,25,30)(H,26,31)(H,27,33)(H,28,32)(H,34,35). The number of aliphatic hydroxyl groups is 1. The highest BCUT2D eigenvalue weighted by atomic mass is 16.4. The number of aliphatic carboxylic acids is 1. The molecule has 0 aromatic heterocycles. The van der Waals surface area contributed by atoms with Gasteiger partial charge in [0.25, 0.3) is 0 Å². The maximum Gasteiger partial charge on any atom is 0.326 e. The minimum Gasteiger partial charge on any atom is -0.480 e. The summed E-state index contributed by atoms with van der Waals surface area (Å²) in [6.07, 6.45) is -1.33. The summed E-state index contributed by atoms with van der Waals surface area (Å²) in [5.74, 6) is -4.96. The molecule has 0 fully saturated rings. The summed E-state index contributed by atoms with van der Waals surface area (Å²) >= 11 is 0. The molecule has 194 valence electrons. The lowest BCUT2D eigenvalue weighted by atomic mass is 9.98. The zero-order chi connectivity index (χ0) is 26.7. The molecule has 4 amide bonds. The third kappa shape index (κ3) is 9.71. The van der Waals surface area contributed by atoms with Gasteiger partial charge in [0, 0.05) is 6.42 Å². The molecule has 0 heterocycles. The van der Waals surface area contributed by atoms with Crippen LogP contribution in [0.1, 0.15) is 39.2 Å². The molecule has 1 rings (SSSR count). The Balaban J connectivity index is 3.09. The molecule has 0 aliphatic rings. The van der Waals surface area contributed by atoms with Gasteiger partial charge >= 0.3 is 5.97 Å². The monoisotopic (exact) mass is 493 g/mol. The van der Waals surface area contributed by atoms with Gasteiger partial charge in [-0.15, -0.1) is 0 Å². The van der Waals surface area contributed by atoms with Gasteiger partial charge in [-0.25, -0.2) is 4.79 Å². The number of carbonyl (C=O) groups excluding carboxylic acids is 4. The molecule has 12 heteroatoms. The van der Waals surface area contributed by atoms with E-state index in [9.17, 15) is 34.2 Å². The second-order valence-electron chi connectivity index (χ2n) is 8.46. The van der Waals surface area contributed by atoms with Crippen LogP contribution in [0.4, 0.5) is 0 Å². The van der Waals surface area contributed by atoms with Crippen LogP contribution in [0.5, 0.6) is 0 Å². The van der Waals surface area contributed by atoms with E-state index in [2.05, 4.69) is 16.0 Å². The van der Waals surface area contributed by atoms with Gasteiger partial charge in [0.05, 0.1) is 18.6 Å². The van der Waals surface area contributed by atoms with Crippen molar-refractivity contribution < 1.29 is 34.2 Å². The molecule has 0 aliphatic carbocycles. The number of carboxylic acids is 1. The van der Waals surface area contributed by atoms with E-state index in [1.54, 1.807) is 44.2 Å². The molecule has 1 aromatic rings. The van der Waals surface area contributed by atoms with Crippen molar-refractivity contribution in [3.63, 3.8) is 0 Å². The van der Waals surface area contributed by atoms with Crippen molar-refractivity contribution in [2.75, 3.05) is 0 Å². The number of rotatable bonds is 14. The molecular weight excluding hydrogens is 458 g/mol. The number of aliphatic hydroxyl groups excluding tert-OH is 1. The van der Waals surface area contributed by atoms with Crippen LogP contribution in [-0.4, -0.2) is 70.1 Å². The number of hydrogen-bond acceptors (Lipinski definition) is 7. The molecule has 0 saturated carbocycles. The molecule has 0 spiro atoms. The van der Waals surface area contributed by atoms with Gasteiger partial charge in [-0.05, 0) is 18.4 Å². The summed E-state index contributed by atoms with van der Waals surface area (Å²) in [4.78, 5) is 61.0. The number of hydrogen-bond donors (Lipinski definition) is 7. The topological polar surface area (TPSA) is 214 Å². The zero-order valence-corrected chi connectivity index (χ0v) is 20.1. The molecule has 0 aliphatic heterocycles. The second kappa shape index (κ2) is 14.0. The van der Waals surface area contributed by atoms with E-state index in [0.717, 1.165) is 0 Å². The third-order valence-corrected chi connectivity index (χ3v) is 5.51. The predicted molar refractivity (Wildman–Crippen MR) is 126 cm³/mol. The van der Waals surface area contributed by atoms with Crippen molar-refractivity contribution in [1.29, 1.82) is 0 Å². The fraction of sp³-hybridized carbons (Fsp3) is 0.522. The van der Waals surface area contributed by atoms with Gasteiger partial charge in [0.1, 0.15) is 18.1 Å². The van der Waals surface area contributed by atoms with Crippen LogP contribution in [0.25, 0.3) is 0 Å². The largest absolute Gasteiger partial charge is 0.480 e. The predicted octanol–water partition coefficient (Wildman–Crippen LogP) is -1.60. The van der Waals surface area contributed by atoms with Gasteiger partial charge in [0.15, 0.2) is 0 Å². The van der Waals surface area contributed by atoms with Crippen molar-refractivity contribution in [2.45, 2.75) is 70.3 Å². The van der Waals surface area contributed by atoms with Crippen LogP contribution >= 0.6 is 0 Å². The first kappa shape index (κ1) is 29.5.